The molecule has 7 heteroatoms. The van der Waals surface area contributed by atoms with E-state index in [1.165, 1.54) is 19.0 Å². The monoisotopic (exact) mass is 265 g/mol. The first-order valence-corrected chi connectivity index (χ1v) is 6.72. The first-order chi connectivity index (χ1) is 9.27. The summed E-state index contributed by atoms with van der Waals surface area (Å²) in [6, 6.07) is 0. The molecule has 1 amide bonds. The standard InChI is InChI=1S/C12H19N5O2/c18-11(10-7-14-16-15-10)13-8-12(1-2-12)9-17-3-5-19-6-4-17/h7H,1-6,8-9H2,(H,13,18)(H,14,15,16). The van der Waals surface area contributed by atoms with Crippen LogP contribution in [0.5, 0.6) is 0 Å². The molecule has 19 heavy (non-hydrogen) atoms. The van der Waals surface area contributed by atoms with Crippen molar-refractivity contribution in [2.45, 2.75) is 12.8 Å². The number of nitrogens with zero attached hydrogens (tertiary/aromatic N) is 3. The van der Waals surface area contributed by atoms with E-state index in [-0.39, 0.29) is 11.3 Å². The highest BCUT2D eigenvalue weighted by atomic mass is 16.5. The Balaban J connectivity index is 1.47. The Morgan fingerprint density at radius 2 is 2.26 bits per heavy atom. The van der Waals surface area contributed by atoms with Gasteiger partial charge in [-0.15, -0.1) is 0 Å². The van der Waals surface area contributed by atoms with Crippen LogP contribution in [0.25, 0.3) is 0 Å². The lowest BCUT2D eigenvalue weighted by Crippen LogP contribution is -2.43. The number of carbonyl (C=O) groups excluding carboxylic acids is 1. The molecule has 104 valence electrons. The second-order valence-corrected chi connectivity index (χ2v) is 5.43. The van der Waals surface area contributed by atoms with Crippen molar-refractivity contribution in [3.63, 3.8) is 0 Å². The van der Waals surface area contributed by atoms with Gasteiger partial charge in [-0.2, -0.15) is 15.4 Å². The van der Waals surface area contributed by atoms with Crippen LogP contribution in [0.3, 0.4) is 0 Å². The number of aromatic amines is 1. The highest BCUT2D eigenvalue weighted by Gasteiger charge is 2.44. The average Bonchev–Trinajstić information content (AvgIpc) is 2.99. The van der Waals surface area contributed by atoms with Crippen molar-refractivity contribution >= 4 is 5.91 Å². The van der Waals surface area contributed by atoms with Crippen LogP contribution in [0.15, 0.2) is 6.20 Å². The molecular formula is C12H19N5O2. The summed E-state index contributed by atoms with van der Waals surface area (Å²) < 4.78 is 5.35. The van der Waals surface area contributed by atoms with Gasteiger partial charge in [-0.25, -0.2) is 0 Å². The van der Waals surface area contributed by atoms with Gasteiger partial charge < -0.3 is 10.1 Å². The fraction of sp³-hybridized carbons (Fsp3) is 0.750. The normalized spacial score (nSPS) is 22.1. The maximum atomic E-state index is 11.8. The Bertz CT molecular complexity index is 423. The minimum atomic E-state index is -0.151. The van der Waals surface area contributed by atoms with Gasteiger partial charge in [-0.3, -0.25) is 9.69 Å². The van der Waals surface area contributed by atoms with Gasteiger partial charge in [0.1, 0.15) is 0 Å². The highest BCUT2D eigenvalue weighted by Crippen LogP contribution is 2.45. The number of aromatic nitrogens is 3. The number of ether oxygens (including phenoxy) is 1. The molecule has 2 heterocycles. The zero-order valence-electron chi connectivity index (χ0n) is 10.9. The molecule has 1 aliphatic carbocycles. The van der Waals surface area contributed by atoms with Crippen molar-refractivity contribution in [3.8, 4) is 0 Å². The molecule has 2 aliphatic rings. The number of carbonyl (C=O) groups is 1. The van der Waals surface area contributed by atoms with E-state index < -0.39 is 0 Å². The highest BCUT2D eigenvalue weighted by molar-refractivity contribution is 5.91. The van der Waals surface area contributed by atoms with Crippen LogP contribution < -0.4 is 5.32 Å². The smallest absolute Gasteiger partial charge is 0.273 e. The van der Waals surface area contributed by atoms with Crippen LogP contribution in [0.4, 0.5) is 0 Å². The first-order valence-electron chi connectivity index (χ1n) is 6.72. The topological polar surface area (TPSA) is 83.1 Å². The fourth-order valence-corrected chi connectivity index (χ4v) is 2.47. The van der Waals surface area contributed by atoms with Gasteiger partial charge in [0.05, 0.1) is 19.4 Å². The largest absolute Gasteiger partial charge is 0.379 e. The predicted molar refractivity (Wildman–Crippen MR) is 67.6 cm³/mol. The van der Waals surface area contributed by atoms with Crippen LogP contribution in [0, 0.1) is 5.41 Å². The molecule has 1 aliphatic heterocycles. The van der Waals surface area contributed by atoms with E-state index in [0.717, 1.165) is 39.4 Å². The zero-order valence-corrected chi connectivity index (χ0v) is 10.9. The minimum absolute atomic E-state index is 0.151. The summed E-state index contributed by atoms with van der Waals surface area (Å²) in [7, 11) is 0. The molecule has 7 nitrogen and oxygen atoms in total. The molecule has 1 aromatic heterocycles. The number of morpholine rings is 1. The second-order valence-electron chi connectivity index (χ2n) is 5.43. The number of amides is 1. The number of hydrogen-bond acceptors (Lipinski definition) is 5. The molecule has 0 bridgehead atoms. The van der Waals surface area contributed by atoms with Gasteiger partial charge in [0.15, 0.2) is 5.69 Å². The molecule has 0 spiro atoms. The maximum Gasteiger partial charge on any atom is 0.273 e. The molecule has 0 unspecified atom stereocenters. The summed E-state index contributed by atoms with van der Waals surface area (Å²) in [5.74, 6) is -0.151. The lowest BCUT2D eigenvalue weighted by molar-refractivity contribution is 0.0283. The van der Waals surface area contributed by atoms with Crippen LogP contribution in [0.1, 0.15) is 23.3 Å². The summed E-state index contributed by atoms with van der Waals surface area (Å²) >= 11 is 0. The molecular weight excluding hydrogens is 246 g/mol. The first kappa shape index (κ1) is 12.6. The Hall–Kier alpha value is -1.47. The number of rotatable bonds is 5. The van der Waals surface area contributed by atoms with E-state index in [2.05, 4.69) is 25.6 Å². The van der Waals surface area contributed by atoms with Gasteiger partial charge in [0.25, 0.3) is 5.91 Å². The minimum Gasteiger partial charge on any atom is -0.379 e. The van der Waals surface area contributed by atoms with Crippen LogP contribution in [-0.4, -0.2) is 65.6 Å². The summed E-state index contributed by atoms with van der Waals surface area (Å²) in [5, 5.41) is 12.8. The van der Waals surface area contributed by atoms with Crippen molar-refractivity contribution < 1.29 is 9.53 Å². The lowest BCUT2D eigenvalue weighted by Gasteiger charge is -2.30. The Morgan fingerprint density at radius 1 is 1.47 bits per heavy atom. The summed E-state index contributed by atoms with van der Waals surface area (Å²) in [5.41, 5.74) is 0.610. The molecule has 1 saturated heterocycles. The molecule has 1 aromatic rings. The van der Waals surface area contributed by atoms with Crippen molar-refractivity contribution in [2.24, 2.45) is 5.41 Å². The third-order valence-corrected chi connectivity index (χ3v) is 3.89. The fourth-order valence-electron chi connectivity index (χ4n) is 2.47. The van der Waals surface area contributed by atoms with Gasteiger partial charge >= 0.3 is 0 Å². The molecule has 0 aromatic carbocycles. The molecule has 2 N–H and O–H groups in total. The molecule has 1 saturated carbocycles. The van der Waals surface area contributed by atoms with Crippen molar-refractivity contribution in [1.29, 1.82) is 0 Å². The van der Waals surface area contributed by atoms with Crippen molar-refractivity contribution in [2.75, 3.05) is 39.4 Å². The van der Waals surface area contributed by atoms with E-state index in [0.29, 0.717) is 5.69 Å². The zero-order chi connectivity index (χ0) is 13.1. The second kappa shape index (κ2) is 5.26. The van der Waals surface area contributed by atoms with E-state index in [1.54, 1.807) is 0 Å². The van der Waals surface area contributed by atoms with E-state index in [4.69, 9.17) is 4.74 Å². The van der Waals surface area contributed by atoms with Crippen molar-refractivity contribution in [3.05, 3.63) is 11.9 Å². The van der Waals surface area contributed by atoms with Crippen molar-refractivity contribution in [1.82, 2.24) is 25.6 Å². The molecule has 2 fully saturated rings. The quantitative estimate of drug-likeness (QED) is 0.760. The third kappa shape index (κ3) is 3.10. The van der Waals surface area contributed by atoms with E-state index >= 15 is 0 Å². The Kier molecular flexibility index (Phi) is 3.48. The van der Waals surface area contributed by atoms with Gasteiger partial charge in [0, 0.05) is 31.6 Å². The van der Waals surface area contributed by atoms with Gasteiger partial charge in [-0.1, -0.05) is 0 Å². The van der Waals surface area contributed by atoms with E-state index in [1.807, 2.05) is 0 Å². The maximum absolute atomic E-state index is 11.8. The molecule has 0 atom stereocenters. The van der Waals surface area contributed by atoms with Gasteiger partial charge in [0.2, 0.25) is 0 Å². The molecule has 0 radical (unpaired) electrons. The average molecular weight is 265 g/mol. The Morgan fingerprint density at radius 3 is 2.89 bits per heavy atom. The SMILES string of the molecule is O=C(NCC1(CN2CCOCC2)CC1)c1cn[nH]n1. The summed E-state index contributed by atoms with van der Waals surface area (Å²) in [4.78, 5) is 14.2. The number of H-pyrrole nitrogens is 1. The summed E-state index contributed by atoms with van der Waals surface area (Å²) in [6.07, 6.45) is 3.81. The Labute approximate surface area is 111 Å². The van der Waals surface area contributed by atoms with Gasteiger partial charge in [-0.05, 0) is 12.8 Å². The predicted octanol–water partition coefficient (Wildman–Crippen LogP) is -0.353. The molecule has 3 rings (SSSR count). The summed E-state index contributed by atoms with van der Waals surface area (Å²) in [6.45, 7) is 5.41. The number of nitrogens with one attached hydrogen (secondary N) is 2. The number of hydrogen-bond donors (Lipinski definition) is 2. The third-order valence-electron chi connectivity index (χ3n) is 3.89. The van der Waals surface area contributed by atoms with Crippen LogP contribution in [-0.2, 0) is 4.74 Å². The van der Waals surface area contributed by atoms with Crippen LogP contribution >= 0.6 is 0 Å². The van der Waals surface area contributed by atoms with Crippen LogP contribution in [0.2, 0.25) is 0 Å². The lowest BCUT2D eigenvalue weighted by atomic mass is 10.1. The van der Waals surface area contributed by atoms with E-state index in [9.17, 15) is 4.79 Å².